The highest BCUT2D eigenvalue weighted by Crippen LogP contribution is 2.28. The molecule has 0 saturated heterocycles. The van der Waals surface area contributed by atoms with Crippen molar-refractivity contribution in [2.75, 3.05) is 13.7 Å². The quantitative estimate of drug-likeness (QED) is 0.839. The molecule has 0 radical (unpaired) electrons. The van der Waals surface area contributed by atoms with E-state index in [1.54, 1.807) is 14.0 Å². The van der Waals surface area contributed by atoms with Gasteiger partial charge in [0.25, 0.3) is 0 Å². The largest absolute Gasteiger partial charge is 0.496 e. The number of esters is 1. The Bertz CT molecular complexity index is 401. The van der Waals surface area contributed by atoms with Crippen LogP contribution in [0, 0.1) is 0 Å². The Kier molecular flexibility index (Phi) is 7.98. The van der Waals surface area contributed by atoms with Crippen LogP contribution in [0.1, 0.15) is 24.9 Å². The fourth-order valence-corrected chi connectivity index (χ4v) is 1.99. The van der Waals surface area contributed by atoms with Crippen LogP contribution in [0.25, 0.3) is 0 Å². The number of nitrogens with two attached hydrogens (primary N) is 1. The van der Waals surface area contributed by atoms with Gasteiger partial charge in [0.05, 0.1) is 24.6 Å². The van der Waals surface area contributed by atoms with E-state index in [9.17, 15) is 4.79 Å². The van der Waals surface area contributed by atoms with E-state index in [0.717, 1.165) is 15.8 Å². The van der Waals surface area contributed by atoms with Gasteiger partial charge in [0, 0.05) is 6.04 Å². The number of carbonyl (C=O) groups is 1. The molecule has 0 amide bonds. The number of benzene rings is 1. The van der Waals surface area contributed by atoms with Crippen LogP contribution < -0.4 is 10.5 Å². The van der Waals surface area contributed by atoms with E-state index in [0.29, 0.717) is 6.61 Å². The molecule has 6 heteroatoms. The van der Waals surface area contributed by atoms with Gasteiger partial charge in [-0.2, -0.15) is 0 Å². The van der Waals surface area contributed by atoms with Crippen LogP contribution >= 0.6 is 28.3 Å². The Hall–Kier alpha value is -0.780. The number of carbonyl (C=O) groups excluding carboxylic acids is 1. The zero-order valence-electron chi connectivity index (χ0n) is 10.3. The molecule has 0 aliphatic rings. The van der Waals surface area contributed by atoms with Gasteiger partial charge in [0.1, 0.15) is 5.75 Å². The first-order valence-electron chi connectivity index (χ1n) is 5.33. The first-order chi connectivity index (χ1) is 8.08. The molecule has 0 spiro atoms. The van der Waals surface area contributed by atoms with Crippen LogP contribution in [-0.4, -0.2) is 19.7 Å². The van der Waals surface area contributed by atoms with Crippen molar-refractivity contribution in [1.82, 2.24) is 0 Å². The molecule has 0 aromatic heterocycles. The summed E-state index contributed by atoms with van der Waals surface area (Å²) >= 11 is 3.38. The summed E-state index contributed by atoms with van der Waals surface area (Å²) in [5, 5.41) is 0. The number of hydrogen-bond donors (Lipinski definition) is 1. The zero-order chi connectivity index (χ0) is 12.8. The summed E-state index contributed by atoms with van der Waals surface area (Å²) < 4.78 is 10.8. The molecule has 18 heavy (non-hydrogen) atoms. The standard InChI is InChI=1S/C12H16BrNO3.ClH/c1-3-17-12(15)7-10(14)8-4-5-11(16-2)9(13)6-8;/h4-6,10H,3,7,14H2,1-2H3;1H/t10-;/m1./s1. The topological polar surface area (TPSA) is 61.5 Å². The van der Waals surface area contributed by atoms with Gasteiger partial charge in [-0.1, -0.05) is 6.07 Å². The van der Waals surface area contributed by atoms with Gasteiger partial charge in [-0.25, -0.2) is 0 Å². The number of ether oxygens (including phenoxy) is 2. The predicted molar refractivity (Wildman–Crippen MR) is 76.1 cm³/mol. The van der Waals surface area contributed by atoms with Gasteiger partial charge in [-0.3, -0.25) is 4.79 Å². The molecular formula is C12H17BrClNO3. The Morgan fingerprint density at radius 3 is 2.67 bits per heavy atom. The van der Waals surface area contributed by atoms with Gasteiger partial charge < -0.3 is 15.2 Å². The van der Waals surface area contributed by atoms with Gasteiger partial charge in [-0.15, -0.1) is 12.4 Å². The van der Waals surface area contributed by atoms with E-state index in [2.05, 4.69) is 15.9 Å². The smallest absolute Gasteiger partial charge is 0.307 e. The molecule has 4 nitrogen and oxygen atoms in total. The summed E-state index contributed by atoms with van der Waals surface area (Å²) in [7, 11) is 1.60. The Morgan fingerprint density at radius 2 is 2.17 bits per heavy atom. The molecule has 1 rings (SSSR count). The van der Waals surface area contributed by atoms with Gasteiger partial charge in [0.15, 0.2) is 0 Å². The zero-order valence-corrected chi connectivity index (χ0v) is 12.7. The van der Waals surface area contributed by atoms with Crippen molar-refractivity contribution in [3.63, 3.8) is 0 Å². The second-order valence-electron chi connectivity index (χ2n) is 3.51. The third-order valence-corrected chi connectivity index (χ3v) is 2.92. The highest BCUT2D eigenvalue weighted by molar-refractivity contribution is 9.10. The van der Waals surface area contributed by atoms with E-state index in [1.807, 2.05) is 18.2 Å². The Labute approximate surface area is 121 Å². The van der Waals surface area contributed by atoms with Crippen molar-refractivity contribution in [3.05, 3.63) is 28.2 Å². The summed E-state index contributed by atoms with van der Waals surface area (Å²) in [4.78, 5) is 11.3. The molecule has 0 fully saturated rings. The first kappa shape index (κ1) is 17.2. The van der Waals surface area contributed by atoms with Crippen molar-refractivity contribution in [1.29, 1.82) is 0 Å². The van der Waals surface area contributed by atoms with Crippen molar-refractivity contribution in [2.24, 2.45) is 5.73 Å². The molecule has 2 N–H and O–H groups in total. The van der Waals surface area contributed by atoms with Crippen molar-refractivity contribution in [2.45, 2.75) is 19.4 Å². The van der Waals surface area contributed by atoms with Gasteiger partial charge in [0.2, 0.25) is 0 Å². The molecule has 1 atom stereocenters. The van der Waals surface area contributed by atoms with E-state index >= 15 is 0 Å². The molecule has 0 aliphatic carbocycles. The van der Waals surface area contributed by atoms with Crippen LogP contribution in [0.15, 0.2) is 22.7 Å². The van der Waals surface area contributed by atoms with E-state index in [-0.39, 0.29) is 30.8 Å². The summed E-state index contributed by atoms with van der Waals surface area (Å²) in [6.45, 7) is 2.14. The lowest BCUT2D eigenvalue weighted by Crippen LogP contribution is -2.17. The monoisotopic (exact) mass is 337 g/mol. The SMILES string of the molecule is CCOC(=O)C[C@@H](N)c1ccc(OC)c(Br)c1.Cl. The van der Waals surface area contributed by atoms with Crippen LogP contribution in [0.3, 0.4) is 0 Å². The Balaban J connectivity index is 0.00000289. The maximum atomic E-state index is 11.3. The maximum Gasteiger partial charge on any atom is 0.307 e. The van der Waals surface area contributed by atoms with E-state index in [4.69, 9.17) is 15.2 Å². The highest BCUT2D eigenvalue weighted by Gasteiger charge is 2.13. The molecule has 1 aromatic carbocycles. The minimum atomic E-state index is -0.365. The summed E-state index contributed by atoms with van der Waals surface area (Å²) in [5.74, 6) is 0.448. The third kappa shape index (κ3) is 4.84. The normalized spacial score (nSPS) is 11.3. The number of halogens is 2. The fraction of sp³-hybridized carbons (Fsp3) is 0.417. The van der Waals surface area contributed by atoms with Crippen LogP contribution in [0.4, 0.5) is 0 Å². The third-order valence-electron chi connectivity index (χ3n) is 2.30. The summed E-state index contributed by atoms with van der Waals surface area (Å²) in [6, 6.07) is 5.14. The number of hydrogen-bond acceptors (Lipinski definition) is 4. The first-order valence-corrected chi connectivity index (χ1v) is 6.12. The van der Waals surface area contributed by atoms with E-state index in [1.165, 1.54) is 0 Å². The van der Waals surface area contributed by atoms with Crippen LogP contribution in [-0.2, 0) is 9.53 Å². The second-order valence-corrected chi connectivity index (χ2v) is 4.36. The molecule has 0 heterocycles. The number of methoxy groups -OCH3 is 1. The second kappa shape index (κ2) is 8.34. The highest BCUT2D eigenvalue weighted by atomic mass is 79.9. The molecule has 1 aromatic rings. The minimum Gasteiger partial charge on any atom is -0.496 e. The predicted octanol–water partition coefficient (Wildman–Crippen LogP) is 2.83. The van der Waals surface area contributed by atoms with Crippen LogP contribution in [0.5, 0.6) is 5.75 Å². The van der Waals surface area contributed by atoms with E-state index < -0.39 is 0 Å². The number of rotatable bonds is 5. The van der Waals surface area contributed by atoms with Gasteiger partial charge >= 0.3 is 5.97 Å². The van der Waals surface area contributed by atoms with Crippen molar-refractivity contribution < 1.29 is 14.3 Å². The average molecular weight is 339 g/mol. The average Bonchev–Trinajstić information content (AvgIpc) is 2.29. The lowest BCUT2D eigenvalue weighted by atomic mass is 10.0. The van der Waals surface area contributed by atoms with Crippen molar-refractivity contribution in [3.8, 4) is 5.75 Å². The fourth-order valence-electron chi connectivity index (χ4n) is 1.43. The lowest BCUT2D eigenvalue weighted by molar-refractivity contribution is -0.143. The van der Waals surface area contributed by atoms with Gasteiger partial charge in [-0.05, 0) is 40.5 Å². The summed E-state index contributed by atoms with van der Waals surface area (Å²) in [6.07, 6.45) is 0.173. The maximum absolute atomic E-state index is 11.3. The molecule has 0 aliphatic heterocycles. The Morgan fingerprint density at radius 1 is 1.50 bits per heavy atom. The molecule has 0 saturated carbocycles. The molecule has 102 valence electrons. The van der Waals surface area contributed by atoms with Crippen molar-refractivity contribution >= 4 is 34.3 Å². The molecule has 0 unspecified atom stereocenters. The lowest BCUT2D eigenvalue weighted by Gasteiger charge is -2.13. The molecular weight excluding hydrogens is 321 g/mol. The minimum absolute atomic E-state index is 0. The molecule has 0 bridgehead atoms. The summed E-state index contributed by atoms with van der Waals surface area (Å²) in [5.41, 5.74) is 6.79. The van der Waals surface area contributed by atoms with Crippen LogP contribution in [0.2, 0.25) is 0 Å².